The Labute approximate surface area is 223 Å². The highest BCUT2D eigenvalue weighted by Gasteiger charge is 2.45. The van der Waals surface area contributed by atoms with Gasteiger partial charge in [-0.15, -0.1) is 0 Å². The summed E-state index contributed by atoms with van der Waals surface area (Å²) in [6.45, 7) is 1.96. The van der Waals surface area contributed by atoms with Crippen LogP contribution in [0, 0.1) is 0 Å². The number of esters is 1. The van der Waals surface area contributed by atoms with Crippen LogP contribution in [0.4, 0.5) is 0 Å². The molecule has 1 atom stereocenters. The maximum Gasteiger partial charge on any atom is 0.343 e. The summed E-state index contributed by atoms with van der Waals surface area (Å²) in [5, 5.41) is 14.2. The minimum atomic E-state index is -1.84. The summed E-state index contributed by atoms with van der Waals surface area (Å²) in [5.41, 5.74) is 3.84. The van der Waals surface area contributed by atoms with Gasteiger partial charge in [0.15, 0.2) is 5.60 Å². The molecule has 0 bridgehead atoms. The maximum atomic E-state index is 13.6. The second kappa shape index (κ2) is 8.75. The molecule has 6 rings (SSSR count). The standard InChI is InChI=1S/C27H23Br2N3O4/c1-2-27(35)19-10-22-24-17(12-32(22)25(33)18(19)13-36-26(27)34)15(5-3-4-8-28)23-16-9-14(29)11-30-20(16)6-7-21(23)31-24/h6-7,9-11,35H,2-5,8,12-13H2,1H3/t27-/m0/s1. The van der Waals surface area contributed by atoms with Gasteiger partial charge >= 0.3 is 5.97 Å². The Morgan fingerprint density at radius 3 is 2.75 bits per heavy atom. The Morgan fingerprint density at radius 1 is 1.17 bits per heavy atom. The van der Waals surface area contributed by atoms with Gasteiger partial charge in [-0.1, -0.05) is 22.9 Å². The Balaban J connectivity index is 1.65. The predicted molar refractivity (Wildman–Crippen MR) is 144 cm³/mol. The van der Waals surface area contributed by atoms with Crippen molar-refractivity contribution in [1.29, 1.82) is 0 Å². The number of carbonyl (C=O) groups excluding carboxylic acids is 1. The van der Waals surface area contributed by atoms with Gasteiger partial charge in [0, 0.05) is 37.9 Å². The SMILES string of the molecule is CC[C@@]1(O)C(=O)OCc2c1cc1n(c2=O)Cc2c-1nc1ccc3ncc(Br)cc3c1c2CCCCBr. The highest BCUT2D eigenvalue weighted by Crippen LogP contribution is 2.42. The summed E-state index contributed by atoms with van der Waals surface area (Å²) in [6.07, 6.45) is 4.74. The van der Waals surface area contributed by atoms with Crippen molar-refractivity contribution >= 4 is 59.6 Å². The van der Waals surface area contributed by atoms with Crippen LogP contribution in [-0.2, 0) is 34.7 Å². The van der Waals surface area contributed by atoms with Gasteiger partial charge in [-0.25, -0.2) is 9.78 Å². The van der Waals surface area contributed by atoms with Crippen LogP contribution in [0.15, 0.2) is 39.7 Å². The fraction of sp³-hybridized carbons (Fsp3) is 0.333. The molecule has 7 nitrogen and oxygen atoms in total. The number of aliphatic hydroxyl groups is 1. The average Bonchev–Trinajstić information content (AvgIpc) is 3.25. The third kappa shape index (κ3) is 3.39. The van der Waals surface area contributed by atoms with Gasteiger partial charge in [0.2, 0.25) is 0 Å². The molecule has 0 unspecified atom stereocenters. The molecule has 0 saturated carbocycles. The second-order valence-electron chi connectivity index (χ2n) is 9.35. The number of hydrogen-bond acceptors (Lipinski definition) is 6. The number of pyridine rings is 3. The van der Waals surface area contributed by atoms with Crippen LogP contribution in [0.25, 0.3) is 33.2 Å². The molecule has 0 fully saturated rings. The molecule has 9 heteroatoms. The monoisotopic (exact) mass is 611 g/mol. The minimum Gasteiger partial charge on any atom is -0.458 e. The second-order valence-corrected chi connectivity index (χ2v) is 11.1. The number of benzene rings is 1. The number of cyclic esters (lactones) is 1. The van der Waals surface area contributed by atoms with E-state index in [2.05, 4.69) is 42.9 Å². The molecular weight excluding hydrogens is 590 g/mol. The summed E-state index contributed by atoms with van der Waals surface area (Å²) in [6, 6.07) is 7.79. The van der Waals surface area contributed by atoms with Crippen LogP contribution in [0.3, 0.4) is 0 Å². The molecule has 3 aromatic heterocycles. The van der Waals surface area contributed by atoms with E-state index in [1.165, 1.54) is 5.56 Å². The molecule has 36 heavy (non-hydrogen) atoms. The number of carbonyl (C=O) groups is 1. The quantitative estimate of drug-likeness (QED) is 0.128. The Kier molecular flexibility index (Phi) is 5.77. The van der Waals surface area contributed by atoms with E-state index in [9.17, 15) is 14.7 Å². The van der Waals surface area contributed by atoms with E-state index in [1.807, 2.05) is 12.1 Å². The van der Waals surface area contributed by atoms with Crippen molar-refractivity contribution in [3.05, 3.63) is 67.5 Å². The van der Waals surface area contributed by atoms with E-state index in [-0.39, 0.29) is 18.6 Å². The van der Waals surface area contributed by atoms with Crippen LogP contribution < -0.4 is 5.56 Å². The molecule has 1 N–H and O–H groups in total. The maximum absolute atomic E-state index is 13.6. The lowest BCUT2D eigenvalue weighted by atomic mass is 9.86. The lowest BCUT2D eigenvalue weighted by molar-refractivity contribution is -0.172. The number of fused-ring (bicyclic) bond motifs is 7. The van der Waals surface area contributed by atoms with E-state index in [4.69, 9.17) is 9.72 Å². The van der Waals surface area contributed by atoms with Crippen LogP contribution in [-0.4, -0.2) is 30.9 Å². The number of ether oxygens (including phenoxy) is 1. The van der Waals surface area contributed by atoms with E-state index in [1.54, 1.807) is 23.8 Å². The number of aryl methyl sites for hydroxylation is 1. The average molecular weight is 613 g/mol. The Morgan fingerprint density at radius 2 is 1.97 bits per heavy atom. The van der Waals surface area contributed by atoms with Crippen molar-refractivity contribution in [2.24, 2.45) is 0 Å². The van der Waals surface area contributed by atoms with Gasteiger partial charge in [-0.05, 0) is 71.4 Å². The van der Waals surface area contributed by atoms with Crippen LogP contribution in [0.1, 0.15) is 48.4 Å². The molecule has 4 aromatic rings. The molecule has 184 valence electrons. The summed E-state index contributed by atoms with van der Waals surface area (Å²) in [4.78, 5) is 35.7. The summed E-state index contributed by atoms with van der Waals surface area (Å²) >= 11 is 7.10. The molecule has 0 saturated heterocycles. The molecule has 0 amide bonds. The van der Waals surface area contributed by atoms with Crippen LogP contribution in [0.2, 0.25) is 0 Å². The first-order valence-corrected chi connectivity index (χ1v) is 13.9. The molecule has 0 spiro atoms. The lowest BCUT2D eigenvalue weighted by Gasteiger charge is -2.31. The van der Waals surface area contributed by atoms with Crippen LogP contribution in [0.5, 0.6) is 0 Å². The van der Waals surface area contributed by atoms with Crippen molar-refractivity contribution in [1.82, 2.24) is 14.5 Å². The zero-order valence-corrected chi connectivity index (χ0v) is 22.8. The zero-order valence-electron chi connectivity index (χ0n) is 19.6. The molecule has 2 aliphatic heterocycles. The third-order valence-corrected chi connectivity index (χ3v) is 8.40. The fourth-order valence-electron chi connectivity index (χ4n) is 5.52. The van der Waals surface area contributed by atoms with E-state index in [0.717, 1.165) is 62.1 Å². The Hall–Kier alpha value is -2.62. The minimum absolute atomic E-state index is 0.116. The van der Waals surface area contributed by atoms with Gasteiger partial charge in [0.25, 0.3) is 5.56 Å². The number of unbranched alkanes of at least 4 members (excludes halogenated alkanes) is 1. The number of halogens is 2. The van der Waals surface area contributed by atoms with E-state index in [0.29, 0.717) is 23.4 Å². The number of nitrogens with zero attached hydrogens (tertiary/aromatic N) is 3. The molecule has 0 radical (unpaired) electrons. The summed E-state index contributed by atoms with van der Waals surface area (Å²) < 4.78 is 7.80. The molecule has 5 heterocycles. The molecular formula is C27H23Br2N3O4. The molecule has 1 aromatic carbocycles. The summed E-state index contributed by atoms with van der Waals surface area (Å²) in [7, 11) is 0. The fourth-order valence-corrected chi connectivity index (χ4v) is 6.25. The van der Waals surface area contributed by atoms with Crippen molar-refractivity contribution in [3.8, 4) is 11.4 Å². The van der Waals surface area contributed by atoms with E-state index < -0.39 is 11.6 Å². The third-order valence-electron chi connectivity index (χ3n) is 7.41. The van der Waals surface area contributed by atoms with Crippen molar-refractivity contribution in [3.63, 3.8) is 0 Å². The normalized spacial score (nSPS) is 18.3. The highest BCUT2D eigenvalue weighted by atomic mass is 79.9. The first kappa shape index (κ1) is 23.8. The highest BCUT2D eigenvalue weighted by molar-refractivity contribution is 9.10. The van der Waals surface area contributed by atoms with Gasteiger partial charge in [-0.3, -0.25) is 9.78 Å². The lowest BCUT2D eigenvalue weighted by Crippen LogP contribution is -2.44. The zero-order chi connectivity index (χ0) is 25.2. The van der Waals surface area contributed by atoms with Crippen molar-refractivity contribution in [2.45, 2.75) is 51.4 Å². The van der Waals surface area contributed by atoms with Crippen molar-refractivity contribution in [2.75, 3.05) is 5.33 Å². The topological polar surface area (TPSA) is 94.3 Å². The van der Waals surface area contributed by atoms with Gasteiger partial charge < -0.3 is 14.4 Å². The first-order valence-electron chi connectivity index (χ1n) is 12.0. The number of aromatic nitrogens is 3. The summed E-state index contributed by atoms with van der Waals surface area (Å²) in [5.74, 6) is -0.716. The van der Waals surface area contributed by atoms with Gasteiger partial charge in [-0.2, -0.15) is 0 Å². The number of rotatable bonds is 5. The number of hydrogen-bond donors (Lipinski definition) is 1. The Bertz CT molecular complexity index is 1650. The van der Waals surface area contributed by atoms with Gasteiger partial charge in [0.1, 0.15) is 6.61 Å². The van der Waals surface area contributed by atoms with Gasteiger partial charge in [0.05, 0.1) is 34.5 Å². The first-order chi connectivity index (χ1) is 17.4. The smallest absolute Gasteiger partial charge is 0.343 e. The molecule has 2 aliphatic rings. The predicted octanol–water partition coefficient (Wildman–Crippen LogP) is 5.11. The molecule has 0 aliphatic carbocycles. The van der Waals surface area contributed by atoms with Crippen molar-refractivity contribution < 1.29 is 14.6 Å². The number of alkyl halides is 1. The van der Waals surface area contributed by atoms with Crippen LogP contribution >= 0.6 is 31.9 Å². The largest absolute Gasteiger partial charge is 0.458 e. The van der Waals surface area contributed by atoms with E-state index >= 15 is 0 Å².